The van der Waals surface area contributed by atoms with E-state index in [0.717, 1.165) is 10.0 Å². The number of benzene rings is 2. The van der Waals surface area contributed by atoms with Crippen LogP contribution in [0.25, 0.3) is 0 Å². The second-order valence-electron chi connectivity index (χ2n) is 5.85. The van der Waals surface area contributed by atoms with Crippen LogP contribution in [0.15, 0.2) is 62.7 Å². The second kappa shape index (κ2) is 8.97. The van der Waals surface area contributed by atoms with Crippen LogP contribution in [0.4, 0.5) is 5.69 Å². The molecule has 0 saturated heterocycles. The highest BCUT2D eigenvalue weighted by Crippen LogP contribution is 2.20. The van der Waals surface area contributed by atoms with Gasteiger partial charge < -0.3 is 5.11 Å². The van der Waals surface area contributed by atoms with Crippen LogP contribution >= 0.6 is 31.9 Å². The largest absolute Gasteiger partial charge is 0.507 e. The zero-order valence-electron chi connectivity index (χ0n) is 14.6. The van der Waals surface area contributed by atoms with Crippen molar-refractivity contribution in [2.24, 2.45) is 5.10 Å². The first-order valence-electron chi connectivity index (χ1n) is 8.11. The van der Waals surface area contributed by atoms with Gasteiger partial charge >= 0.3 is 0 Å². The summed E-state index contributed by atoms with van der Waals surface area (Å²) in [7, 11) is 0. The molecule has 3 rings (SSSR count). The van der Waals surface area contributed by atoms with E-state index in [4.69, 9.17) is 0 Å². The summed E-state index contributed by atoms with van der Waals surface area (Å²) in [6.07, 6.45) is 2.94. The Morgan fingerprint density at radius 2 is 2.00 bits per heavy atom. The molecule has 0 aliphatic rings. The minimum absolute atomic E-state index is 0.00445. The maximum absolute atomic E-state index is 12.3. The van der Waals surface area contributed by atoms with Crippen LogP contribution in [0.3, 0.4) is 0 Å². The first kappa shape index (κ1) is 20.7. The van der Waals surface area contributed by atoms with Crippen molar-refractivity contribution in [3.63, 3.8) is 0 Å². The fourth-order valence-electron chi connectivity index (χ4n) is 2.38. The molecule has 0 atom stereocenters. The number of hydrogen-bond acceptors (Lipinski definition) is 6. The summed E-state index contributed by atoms with van der Waals surface area (Å²) in [4.78, 5) is 22.6. The average molecular weight is 523 g/mol. The topological polar surface area (TPSA) is 123 Å². The summed E-state index contributed by atoms with van der Waals surface area (Å²) in [6.45, 7) is 0.332. The van der Waals surface area contributed by atoms with Gasteiger partial charge in [0.25, 0.3) is 11.6 Å². The van der Waals surface area contributed by atoms with Crippen molar-refractivity contribution in [3.8, 4) is 5.75 Å². The number of nitrogens with one attached hydrogen (secondary N) is 1. The first-order valence-corrected chi connectivity index (χ1v) is 9.70. The van der Waals surface area contributed by atoms with Gasteiger partial charge in [0.15, 0.2) is 5.69 Å². The van der Waals surface area contributed by atoms with E-state index in [9.17, 15) is 20.0 Å². The first-order chi connectivity index (χ1) is 13.8. The Bertz CT molecular complexity index is 1100. The second-order valence-corrected chi connectivity index (χ2v) is 7.62. The van der Waals surface area contributed by atoms with E-state index >= 15 is 0 Å². The predicted octanol–water partition coefficient (Wildman–Crippen LogP) is 3.83. The highest BCUT2D eigenvalue weighted by molar-refractivity contribution is 9.10. The van der Waals surface area contributed by atoms with E-state index in [1.807, 2.05) is 0 Å². The molecule has 0 saturated carbocycles. The van der Waals surface area contributed by atoms with Crippen molar-refractivity contribution in [2.75, 3.05) is 0 Å². The monoisotopic (exact) mass is 521 g/mol. The van der Waals surface area contributed by atoms with Gasteiger partial charge in [0.1, 0.15) is 5.75 Å². The molecule has 0 radical (unpaired) electrons. The average Bonchev–Trinajstić information content (AvgIpc) is 3.05. The number of halogens is 2. The van der Waals surface area contributed by atoms with E-state index in [2.05, 4.69) is 47.5 Å². The van der Waals surface area contributed by atoms with Gasteiger partial charge in [0, 0.05) is 28.4 Å². The smallest absolute Gasteiger partial charge is 0.293 e. The molecule has 148 valence electrons. The van der Waals surface area contributed by atoms with Crippen molar-refractivity contribution in [3.05, 3.63) is 84.5 Å². The summed E-state index contributed by atoms with van der Waals surface area (Å²) in [5.74, 6) is -0.509. The van der Waals surface area contributed by atoms with E-state index in [0.29, 0.717) is 16.6 Å². The number of non-ortho nitro benzene ring substituents is 1. The van der Waals surface area contributed by atoms with Crippen molar-refractivity contribution >= 4 is 49.7 Å². The van der Waals surface area contributed by atoms with Gasteiger partial charge in [-0.05, 0) is 39.7 Å². The fraction of sp³-hybridized carbons (Fsp3) is 0.0556. The molecule has 1 heterocycles. The zero-order valence-corrected chi connectivity index (χ0v) is 17.8. The van der Waals surface area contributed by atoms with E-state index in [1.165, 1.54) is 29.1 Å². The Kier molecular flexibility index (Phi) is 6.39. The number of aromatic nitrogens is 2. The summed E-state index contributed by atoms with van der Waals surface area (Å²) in [5, 5.41) is 28.5. The van der Waals surface area contributed by atoms with Gasteiger partial charge in [0.2, 0.25) is 0 Å². The van der Waals surface area contributed by atoms with Crippen LogP contribution in [0.2, 0.25) is 0 Å². The maximum Gasteiger partial charge on any atom is 0.293 e. The maximum atomic E-state index is 12.3. The third-order valence-corrected chi connectivity index (χ3v) is 4.86. The number of rotatable bonds is 6. The molecule has 2 aromatic carbocycles. The predicted molar refractivity (Wildman–Crippen MR) is 113 cm³/mol. The summed E-state index contributed by atoms with van der Waals surface area (Å²) in [5.41, 5.74) is 3.71. The lowest BCUT2D eigenvalue weighted by molar-refractivity contribution is -0.384. The molecule has 0 spiro atoms. The normalized spacial score (nSPS) is 11.0. The molecule has 9 nitrogen and oxygen atoms in total. The Balaban J connectivity index is 1.67. The van der Waals surface area contributed by atoms with Crippen molar-refractivity contribution < 1.29 is 14.8 Å². The molecule has 0 fully saturated rings. The zero-order chi connectivity index (χ0) is 21.0. The highest BCUT2D eigenvalue weighted by Gasteiger charge is 2.15. The molecular weight excluding hydrogens is 510 g/mol. The third kappa shape index (κ3) is 5.27. The Morgan fingerprint density at radius 3 is 2.69 bits per heavy atom. The molecule has 2 N–H and O–H groups in total. The van der Waals surface area contributed by atoms with Crippen LogP contribution in [0.1, 0.15) is 21.6 Å². The molecule has 29 heavy (non-hydrogen) atoms. The van der Waals surface area contributed by atoms with Crippen LogP contribution in [-0.2, 0) is 6.54 Å². The van der Waals surface area contributed by atoms with Gasteiger partial charge in [-0.15, -0.1) is 0 Å². The molecule has 3 aromatic rings. The minimum atomic E-state index is -0.537. The number of hydrazone groups is 1. The highest BCUT2D eigenvalue weighted by atomic mass is 79.9. The van der Waals surface area contributed by atoms with Gasteiger partial charge in [-0.2, -0.15) is 10.2 Å². The molecule has 1 aromatic heterocycles. The lowest BCUT2D eigenvalue weighted by Gasteiger charge is -2.02. The van der Waals surface area contributed by atoms with Crippen molar-refractivity contribution in [1.29, 1.82) is 0 Å². The lowest BCUT2D eigenvalue weighted by atomic mass is 10.2. The number of phenols is 1. The molecule has 0 bridgehead atoms. The number of hydrogen-bond donors (Lipinski definition) is 2. The quantitative estimate of drug-likeness (QED) is 0.289. The SMILES string of the molecule is O=C(NN=Cc1cc(Br)ccc1O)c1nn(Cc2ccc([N+](=O)[O-])cc2)cc1Br. The number of carbonyl (C=O) groups is 1. The Hall–Kier alpha value is -3.05. The molecule has 0 unspecified atom stereocenters. The van der Waals surface area contributed by atoms with Gasteiger partial charge in [-0.1, -0.05) is 28.1 Å². The van der Waals surface area contributed by atoms with Gasteiger partial charge in [-0.25, -0.2) is 5.43 Å². The van der Waals surface area contributed by atoms with Crippen LogP contribution < -0.4 is 5.43 Å². The summed E-state index contributed by atoms with van der Waals surface area (Å²) >= 11 is 6.58. The van der Waals surface area contributed by atoms with Crippen LogP contribution in [-0.4, -0.2) is 31.9 Å². The number of nitro groups is 1. The number of phenolic OH excluding ortho intramolecular Hbond substituents is 1. The summed E-state index contributed by atoms with van der Waals surface area (Å²) < 4.78 is 2.76. The number of nitrogens with zero attached hydrogens (tertiary/aromatic N) is 4. The molecular formula is C18H13Br2N5O4. The number of carbonyl (C=O) groups excluding carboxylic acids is 1. The third-order valence-electron chi connectivity index (χ3n) is 3.78. The number of nitro benzene ring substituents is 1. The Labute approximate surface area is 181 Å². The molecule has 11 heteroatoms. The standard InChI is InChI=1S/C18H13Br2N5O4/c19-13-3-6-16(26)12(7-13)8-21-22-18(27)17-15(20)10-24(23-17)9-11-1-4-14(5-2-11)25(28)29/h1-8,10,26H,9H2,(H,22,27). The molecule has 0 aliphatic carbocycles. The number of amides is 1. The van der Waals surface area contributed by atoms with Gasteiger partial charge in [-0.3, -0.25) is 19.6 Å². The van der Waals surface area contributed by atoms with Crippen molar-refractivity contribution in [2.45, 2.75) is 6.54 Å². The van der Waals surface area contributed by atoms with Crippen molar-refractivity contribution in [1.82, 2.24) is 15.2 Å². The van der Waals surface area contributed by atoms with Crippen LogP contribution in [0.5, 0.6) is 5.75 Å². The van der Waals surface area contributed by atoms with E-state index in [-0.39, 0.29) is 17.1 Å². The Morgan fingerprint density at radius 1 is 1.28 bits per heavy atom. The minimum Gasteiger partial charge on any atom is -0.507 e. The summed E-state index contributed by atoms with van der Waals surface area (Å²) in [6, 6.07) is 10.9. The van der Waals surface area contributed by atoms with E-state index < -0.39 is 10.8 Å². The van der Waals surface area contributed by atoms with Gasteiger partial charge in [0.05, 0.1) is 22.2 Å². The lowest BCUT2D eigenvalue weighted by Crippen LogP contribution is -2.19. The van der Waals surface area contributed by atoms with E-state index in [1.54, 1.807) is 30.5 Å². The molecule has 0 aliphatic heterocycles. The number of aromatic hydroxyl groups is 1. The molecule has 1 amide bonds. The fourth-order valence-corrected chi connectivity index (χ4v) is 3.26. The van der Waals surface area contributed by atoms with Crippen LogP contribution in [0, 0.1) is 10.1 Å².